The zero-order chi connectivity index (χ0) is 25.5. The molecule has 34 heavy (non-hydrogen) atoms. The zero-order valence-corrected chi connectivity index (χ0v) is 19.7. The van der Waals surface area contributed by atoms with Crippen LogP contribution in [0.4, 0.5) is 0 Å². The second-order valence-electron chi connectivity index (χ2n) is 8.72. The Hall–Kier alpha value is -3.65. The van der Waals surface area contributed by atoms with Crippen molar-refractivity contribution in [3.63, 3.8) is 0 Å². The van der Waals surface area contributed by atoms with Crippen LogP contribution in [0, 0.1) is 0 Å². The Morgan fingerprint density at radius 2 is 1.44 bits per heavy atom. The number of carbonyl (C=O) groups excluding carboxylic acids is 3. The van der Waals surface area contributed by atoms with Crippen LogP contribution in [-0.4, -0.2) is 52.7 Å². The molecular weight excluding hydrogens is 440 g/mol. The number of hydrogen-bond acceptors (Lipinski definition) is 8. The van der Waals surface area contributed by atoms with Crippen LogP contribution in [-0.2, 0) is 14.9 Å². The van der Waals surface area contributed by atoms with E-state index >= 15 is 0 Å². The summed E-state index contributed by atoms with van der Waals surface area (Å²) in [5.41, 5.74) is 2.29. The molecule has 0 aliphatic carbocycles. The standard InChI is InChI=1S/C20H22O3.C6H8O5/c1-20(2,3)16-9-5-14(6-10-16)18(21)13-19(22)15-7-11-17(23-4)12-8-15;7-2-1-3-4(8)5(9)6(10)11-3/h5-12H,13H2,1-4H3;3,7-9H,1-2H2/t;3-/m.1/s1. The predicted molar refractivity (Wildman–Crippen MR) is 125 cm³/mol. The number of hydrogen-bond donors (Lipinski definition) is 3. The average Bonchev–Trinajstić information content (AvgIpc) is 3.05. The maximum absolute atomic E-state index is 12.3. The first-order valence-corrected chi connectivity index (χ1v) is 10.7. The quantitative estimate of drug-likeness (QED) is 0.314. The molecule has 2 aromatic rings. The molecule has 1 aliphatic heterocycles. The fourth-order valence-electron chi connectivity index (χ4n) is 3.09. The fourth-order valence-corrected chi connectivity index (χ4v) is 3.09. The number of cyclic esters (lactones) is 1. The molecular formula is C26H30O8. The number of Topliss-reactive ketones (excluding diaryl/α,β-unsaturated/α-hetero) is 2. The van der Waals surface area contributed by atoms with E-state index in [-0.39, 0.29) is 36.4 Å². The second-order valence-corrected chi connectivity index (χ2v) is 8.72. The van der Waals surface area contributed by atoms with Gasteiger partial charge >= 0.3 is 5.97 Å². The summed E-state index contributed by atoms with van der Waals surface area (Å²) in [6, 6.07) is 14.3. The highest BCUT2D eigenvalue weighted by Gasteiger charge is 2.33. The molecule has 8 heteroatoms. The monoisotopic (exact) mass is 470 g/mol. The molecule has 8 nitrogen and oxygen atoms in total. The van der Waals surface area contributed by atoms with Gasteiger partial charge in [-0.1, -0.05) is 45.0 Å². The first-order valence-electron chi connectivity index (χ1n) is 10.7. The minimum absolute atomic E-state index is 0.0422. The van der Waals surface area contributed by atoms with Crippen LogP contribution in [0.1, 0.15) is 59.9 Å². The molecule has 0 unspecified atom stereocenters. The summed E-state index contributed by atoms with van der Waals surface area (Å²) in [6.45, 7) is 6.15. The van der Waals surface area contributed by atoms with Crippen LogP contribution >= 0.6 is 0 Å². The Labute approximate surface area is 198 Å². The number of esters is 1. The Bertz CT molecular complexity index is 1040. The summed E-state index contributed by atoms with van der Waals surface area (Å²) in [6.07, 6.45) is -0.907. The van der Waals surface area contributed by atoms with E-state index in [9.17, 15) is 14.4 Å². The molecule has 0 radical (unpaired) electrons. The number of aliphatic hydroxyl groups excluding tert-OH is 3. The SMILES string of the molecule is COc1ccc(C(=O)CC(=O)c2ccc(C(C)(C)C)cc2)cc1.O=C1O[C@H](CCO)C(O)=C1O. The highest BCUT2D eigenvalue weighted by atomic mass is 16.6. The van der Waals surface area contributed by atoms with E-state index in [0.717, 1.165) is 5.56 Å². The van der Waals surface area contributed by atoms with Gasteiger partial charge in [-0.3, -0.25) is 9.59 Å². The number of carbonyl (C=O) groups is 3. The maximum Gasteiger partial charge on any atom is 0.377 e. The summed E-state index contributed by atoms with van der Waals surface area (Å²) in [4.78, 5) is 35.0. The van der Waals surface area contributed by atoms with E-state index in [1.807, 2.05) is 12.1 Å². The molecule has 1 heterocycles. The van der Waals surface area contributed by atoms with Gasteiger partial charge in [0.1, 0.15) is 5.75 Å². The minimum Gasteiger partial charge on any atom is -0.505 e. The van der Waals surface area contributed by atoms with Gasteiger partial charge in [0.05, 0.1) is 13.5 Å². The van der Waals surface area contributed by atoms with Crippen LogP contribution in [0.2, 0.25) is 0 Å². The van der Waals surface area contributed by atoms with Gasteiger partial charge in [0.2, 0.25) is 5.76 Å². The van der Waals surface area contributed by atoms with Crippen molar-refractivity contribution in [2.75, 3.05) is 13.7 Å². The van der Waals surface area contributed by atoms with Crippen molar-refractivity contribution in [3.8, 4) is 5.75 Å². The van der Waals surface area contributed by atoms with Crippen molar-refractivity contribution < 1.29 is 39.2 Å². The third-order valence-electron chi connectivity index (χ3n) is 5.19. The number of ketones is 2. The van der Waals surface area contributed by atoms with Crippen molar-refractivity contribution in [2.45, 2.75) is 45.1 Å². The molecule has 1 atom stereocenters. The molecule has 0 spiro atoms. The molecule has 1 aliphatic rings. The Morgan fingerprint density at radius 1 is 0.941 bits per heavy atom. The lowest BCUT2D eigenvalue weighted by Crippen LogP contribution is -2.13. The maximum atomic E-state index is 12.3. The van der Waals surface area contributed by atoms with E-state index in [0.29, 0.717) is 16.9 Å². The second kappa shape index (κ2) is 11.5. The third kappa shape index (κ3) is 6.92. The van der Waals surface area contributed by atoms with Gasteiger partial charge in [0.15, 0.2) is 23.4 Å². The summed E-state index contributed by atoms with van der Waals surface area (Å²) in [7, 11) is 1.57. The van der Waals surface area contributed by atoms with Crippen molar-refractivity contribution in [3.05, 3.63) is 76.7 Å². The molecule has 3 rings (SSSR count). The molecule has 0 fully saturated rings. The molecule has 0 saturated heterocycles. The van der Waals surface area contributed by atoms with Crippen LogP contribution in [0.3, 0.4) is 0 Å². The highest BCUT2D eigenvalue weighted by Crippen LogP contribution is 2.23. The largest absolute Gasteiger partial charge is 0.505 e. The minimum atomic E-state index is -0.944. The van der Waals surface area contributed by atoms with Crippen molar-refractivity contribution in [1.82, 2.24) is 0 Å². The average molecular weight is 471 g/mol. The molecule has 0 saturated carbocycles. The van der Waals surface area contributed by atoms with Gasteiger partial charge < -0.3 is 24.8 Å². The normalized spacial score (nSPS) is 15.3. The molecule has 0 amide bonds. The van der Waals surface area contributed by atoms with Gasteiger partial charge in [-0.05, 0) is 35.2 Å². The lowest BCUT2D eigenvalue weighted by atomic mass is 9.86. The smallest absolute Gasteiger partial charge is 0.377 e. The predicted octanol–water partition coefficient (Wildman–Crippen LogP) is 4.07. The summed E-state index contributed by atoms with van der Waals surface area (Å²) >= 11 is 0. The van der Waals surface area contributed by atoms with Crippen LogP contribution < -0.4 is 4.74 Å². The van der Waals surface area contributed by atoms with Crippen LogP contribution in [0.25, 0.3) is 0 Å². The Balaban J connectivity index is 0.000000310. The molecule has 3 N–H and O–H groups in total. The van der Waals surface area contributed by atoms with Crippen molar-refractivity contribution >= 4 is 17.5 Å². The molecule has 0 bridgehead atoms. The van der Waals surface area contributed by atoms with E-state index in [4.69, 9.17) is 20.1 Å². The van der Waals surface area contributed by atoms with E-state index < -0.39 is 23.6 Å². The summed E-state index contributed by atoms with van der Waals surface area (Å²) in [5.74, 6) is -1.86. The van der Waals surface area contributed by atoms with Gasteiger partial charge in [-0.2, -0.15) is 0 Å². The van der Waals surface area contributed by atoms with Crippen LogP contribution in [0.15, 0.2) is 60.0 Å². The lowest BCUT2D eigenvalue weighted by Gasteiger charge is -2.18. The van der Waals surface area contributed by atoms with E-state index in [2.05, 4.69) is 25.5 Å². The highest BCUT2D eigenvalue weighted by molar-refractivity contribution is 6.13. The summed E-state index contributed by atoms with van der Waals surface area (Å²) < 4.78 is 9.51. The van der Waals surface area contributed by atoms with Crippen LogP contribution in [0.5, 0.6) is 5.75 Å². The van der Waals surface area contributed by atoms with E-state index in [1.165, 1.54) is 0 Å². The third-order valence-corrected chi connectivity index (χ3v) is 5.19. The zero-order valence-electron chi connectivity index (χ0n) is 19.7. The first kappa shape index (κ1) is 26.6. The Morgan fingerprint density at radius 3 is 1.82 bits per heavy atom. The molecule has 0 aromatic heterocycles. The van der Waals surface area contributed by atoms with Crippen molar-refractivity contribution in [1.29, 1.82) is 0 Å². The van der Waals surface area contributed by atoms with Gasteiger partial charge in [-0.25, -0.2) is 4.79 Å². The number of benzene rings is 2. The van der Waals surface area contributed by atoms with Gasteiger partial charge in [-0.15, -0.1) is 0 Å². The fraction of sp³-hybridized carbons (Fsp3) is 0.346. The lowest BCUT2D eigenvalue weighted by molar-refractivity contribution is -0.142. The number of ether oxygens (including phenoxy) is 2. The number of aliphatic hydroxyl groups is 3. The first-order chi connectivity index (χ1) is 16.0. The topological polar surface area (TPSA) is 130 Å². The van der Waals surface area contributed by atoms with Gasteiger partial charge in [0.25, 0.3) is 0 Å². The van der Waals surface area contributed by atoms with E-state index in [1.54, 1.807) is 43.5 Å². The molecule has 2 aromatic carbocycles. The Kier molecular flexibility index (Phi) is 8.97. The number of methoxy groups -OCH3 is 1. The molecule has 182 valence electrons. The number of rotatable bonds is 7. The summed E-state index contributed by atoms with van der Waals surface area (Å²) in [5, 5.41) is 26.1. The van der Waals surface area contributed by atoms with Crippen molar-refractivity contribution in [2.24, 2.45) is 0 Å². The van der Waals surface area contributed by atoms with Gasteiger partial charge in [0, 0.05) is 24.2 Å².